The SMILES string of the molecule is CCN(CCC(Cl)c1ccc(C2CCCCC2)c(Cl)c1)C1CCCCC1. The Labute approximate surface area is 170 Å². The van der Waals surface area contributed by atoms with Gasteiger partial charge in [-0.15, -0.1) is 11.6 Å². The lowest BCUT2D eigenvalue weighted by Gasteiger charge is -2.34. The van der Waals surface area contributed by atoms with Gasteiger partial charge < -0.3 is 4.90 Å². The number of benzene rings is 1. The van der Waals surface area contributed by atoms with Gasteiger partial charge in [-0.1, -0.05) is 69.2 Å². The van der Waals surface area contributed by atoms with Crippen molar-refractivity contribution in [2.75, 3.05) is 13.1 Å². The lowest BCUT2D eigenvalue weighted by molar-refractivity contribution is 0.161. The van der Waals surface area contributed by atoms with Crippen LogP contribution in [0.3, 0.4) is 0 Å². The zero-order valence-corrected chi connectivity index (χ0v) is 17.9. The molecule has 2 aliphatic carbocycles. The third-order valence-corrected chi connectivity index (χ3v) is 7.40. The van der Waals surface area contributed by atoms with E-state index in [1.54, 1.807) is 0 Å². The zero-order valence-electron chi connectivity index (χ0n) is 16.4. The van der Waals surface area contributed by atoms with E-state index in [2.05, 4.69) is 30.0 Å². The van der Waals surface area contributed by atoms with Crippen molar-refractivity contribution < 1.29 is 0 Å². The molecular weight excluding hydrogens is 361 g/mol. The normalized spacial score (nSPS) is 21.2. The van der Waals surface area contributed by atoms with E-state index < -0.39 is 0 Å². The van der Waals surface area contributed by atoms with E-state index in [0.29, 0.717) is 5.92 Å². The molecule has 1 aromatic rings. The molecule has 1 atom stereocenters. The fourth-order valence-corrected chi connectivity index (χ4v) is 5.55. The van der Waals surface area contributed by atoms with Gasteiger partial charge in [-0.05, 0) is 61.8 Å². The molecule has 2 saturated carbocycles. The summed E-state index contributed by atoms with van der Waals surface area (Å²) in [6.07, 6.45) is 14.6. The molecule has 0 saturated heterocycles. The van der Waals surface area contributed by atoms with Gasteiger partial charge in [0.25, 0.3) is 0 Å². The first-order valence-corrected chi connectivity index (χ1v) is 11.7. The summed E-state index contributed by atoms with van der Waals surface area (Å²) in [6.45, 7) is 4.51. The first-order chi connectivity index (χ1) is 12.7. The maximum absolute atomic E-state index is 6.77. The van der Waals surface area contributed by atoms with Crippen LogP contribution >= 0.6 is 23.2 Å². The molecule has 2 fully saturated rings. The Kier molecular flexibility index (Phi) is 8.15. The highest BCUT2D eigenvalue weighted by Crippen LogP contribution is 2.38. The van der Waals surface area contributed by atoms with Crippen LogP contribution in [0.2, 0.25) is 5.02 Å². The minimum atomic E-state index is 0.0607. The summed E-state index contributed by atoms with van der Waals surface area (Å²) in [6, 6.07) is 7.39. The molecule has 0 bridgehead atoms. The van der Waals surface area contributed by atoms with Crippen molar-refractivity contribution >= 4 is 23.2 Å². The first kappa shape index (κ1) is 20.5. The standard InChI is InChI=1S/C23H35Cl2N/c1-2-26(20-11-7-4-8-12-20)16-15-22(24)19-13-14-21(23(25)17-19)18-9-5-3-6-10-18/h13-14,17-18,20,22H,2-12,15-16H2,1H3. The smallest absolute Gasteiger partial charge is 0.0597 e. The molecular formula is C23H35Cl2N. The summed E-state index contributed by atoms with van der Waals surface area (Å²) in [4.78, 5) is 2.65. The van der Waals surface area contributed by atoms with Crippen LogP contribution in [0.25, 0.3) is 0 Å². The Morgan fingerprint density at radius 1 is 1.00 bits per heavy atom. The summed E-state index contributed by atoms with van der Waals surface area (Å²) in [5.41, 5.74) is 2.53. The lowest BCUT2D eigenvalue weighted by Crippen LogP contribution is -2.37. The van der Waals surface area contributed by atoms with Gasteiger partial charge in [-0.25, -0.2) is 0 Å². The Morgan fingerprint density at radius 3 is 2.27 bits per heavy atom. The van der Waals surface area contributed by atoms with Crippen LogP contribution < -0.4 is 0 Å². The molecule has 3 rings (SSSR count). The van der Waals surface area contributed by atoms with E-state index in [-0.39, 0.29) is 5.38 Å². The molecule has 1 unspecified atom stereocenters. The van der Waals surface area contributed by atoms with Gasteiger partial charge in [0.15, 0.2) is 0 Å². The molecule has 3 heteroatoms. The molecule has 0 spiro atoms. The van der Waals surface area contributed by atoms with Crippen LogP contribution in [0.1, 0.15) is 100.0 Å². The highest BCUT2D eigenvalue weighted by molar-refractivity contribution is 6.31. The fraction of sp³-hybridized carbons (Fsp3) is 0.739. The van der Waals surface area contributed by atoms with Crippen LogP contribution in [-0.4, -0.2) is 24.0 Å². The van der Waals surface area contributed by atoms with E-state index >= 15 is 0 Å². The molecule has 1 nitrogen and oxygen atoms in total. The molecule has 0 N–H and O–H groups in total. The van der Waals surface area contributed by atoms with Crippen LogP contribution in [-0.2, 0) is 0 Å². The van der Waals surface area contributed by atoms with E-state index in [1.807, 2.05) is 0 Å². The monoisotopic (exact) mass is 395 g/mol. The van der Waals surface area contributed by atoms with Gasteiger partial charge in [0.2, 0.25) is 0 Å². The molecule has 26 heavy (non-hydrogen) atoms. The highest BCUT2D eigenvalue weighted by Gasteiger charge is 2.22. The molecule has 0 heterocycles. The molecule has 0 amide bonds. The van der Waals surface area contributed by atoms with Gasteiger partial charge in [0, 0.05) is 17.6 Å². The Morgan fingerprint density at radius 2 is 1.65 bits per heavy atom. The van der Waals surface area contributed by atoms with Crippen molar-refractivity contribution in [2.45, 2.75) is 94.9 Å². The fourth-order valence-electron chi connectivity index (χ4n) is 4.97. The Hall–Kier alpha value is -0.240. The van der Waals surface area contributed by atoms with E-state index in [0.717, 1.165) is 30.6 Å². The molecule has 0 radical (unpaired) electrons. The van der Waals surface area contributed by atoms with Crippen LogP contribution in [0.5, 0.6) is 0 Å². The van der Waals surface area contributed by atoms with E-state index in [4.69, 9.17) is 23.2 Å². The van der Waals surface area contributed by atoms with Gasteiger partial charge in [0.1, 0.15) is 0 Å². The Balaban J connectivity index is 1.56. The predicted octanol–water partition coefficient (Wildman–Crippen LogP) is 7.71. The maximum atomic E-state index is 6.77. The average molecular weight is 396 g/mol. The van der Waals surface area contributed by atoms with E-state index in [9.17, 15) is 0 Å². The second-order valence-corrected chi connectivity index (χ2v) is 9.23. The number of rotatable bonds is 7. The quantitative estimate of drug-likeness (QED) is 0.427. The van der Waals surface area contributed by atoms with Crippen LogP contribution in [0, 0.1) is 0 Å². The van der Waals surface area contributed by atoms with Gasteiger partial charge in [-0.2, -0.15) is 0 Å². The largest absolute Gasteiger partial charge is 0.301 e. The summed E-state index contributed by atoms with van der Waals surface area (Å²) in [7, 11) is 0. The molecule has 0 aromatic heterocycles. The second kappa shape index (κ2) is 10.3. The summed E-state index contributed by atoms with van der Waals surface area (Å²) >= 11 is 13.4. The third kappa shape index (κ3) is 5.40. The lowest BCUT2D eigenvalue weighted by atomic mass is 9.83. The number of nitrogens with zero attached hydrogens (tertiary/aromatic N) is 1. The molecule has 146 valence electrons. The number of alkyl halides is 1. The first-order valence-electron chi connectivity index (χ1n) is 10.9. The number of hydrogen-bond acceptors (Lipinski definition) is 1. The van der Waals surface area contributed by atoms with Crippen molar-refractivity contribution in [3.05, 3.63) is 34.3 Å². The second-order valence-electron chi connectivity index (χ2n) is 8.29. The minimum Gasteiger partial charge on any atom is -0.301 e. The van der Waals surface area contributed by atoms with Gasteiger partial charge in [-0.3, -0.25) is 0 Å². The number of halogens is 2. The molecule has 1 aromatic carbocycles. The highest BCUT2D eigenvalue weighted by atomic mass is 35.5. The molecule has 0 aliphatic heterocycles. The van der Waals surface area contributed by atoms with Crippen molar-refractivity contribution in [3.63, 3.8) is 0 Å². The van der Waals surface area contributed by atoms with Crippen molar-refractivity contribution in [1.82, 2.24) is 4.90 Å². The predicted molar refractivity (Wildman–Crippen MR) is 115 cm³/mol. The Bertz CT molecular complexity index is 547. The van der Waals surface area contributed by atoms with Crippen molar-refractivity contribution in [3.8, 4) is 0 Å². The van der Waals surface area contributed by atoms with E-state index in [1.165, 1.54) is 75.3 Å². The van der Waals surface area contributed by atoms with Gasteiger partial charge in [0.05, 0.1) is 5.38 Å². The summed E-state index contributed by atoms with van der Waals surface area (Å²) in [5, 5.41) is 0.991. The van der Waals surface area contributed by atoms with Crippen LogP contribution in [0.4, 0.5) is 0 Å². The summed E-state index contributed by atoms with van der Waals surface area (Å²) in [5.74, 6) is 0.654. The van der Waals surface area contributed by atoms with Gasteiger partial charge >= 0.3 is 0 Å². The average Bonchev–Trinajstić information content (AvgIpc) is 2.69. The number of hydrogen-bond donors (Lipinski definition) is 0. The summed E-state index contributed by atoms with van der Waals surface area (Å²) < 4.78 is 0. The van der Waals surface area contributed by atoms with Crippen LogP contribution in [0.15, 0.2) is 18.2 Å². The third-order valence-electron chi connectivity index (χ3n) is 6.60. The maximum Gasteiger partial charge on any atom is 0.0597 e. The minimum absolute atomic E-state index is 0.0607. The van der Waals surface area contributed by atoms with Crippen molar-refractivity contribution in [2.24, 2.45) is 0 Å². The topological polar surface area (TPSA) is 3.24 Å². The molecule has 2 aliphatic rings. The zero-order chi connectivity index (χ0) is 18.4. The van der Waals surface area contributed by atoms with Crippen molar-refractivity contribution in [1.29, 1.82) is 0 Å².